The average molecular weight is 314 g/mol. The number of carbonyl (C=O) groups is 1. The number of benzene rings is 1. The molecule has 1 fully saturated rings. The van der Waals surface area contributed by atoms with Crippen molar-refractivity contribution in [3.8, 4) is 5.75 Å². The van der Waals surface area contributed by atoms with Crippen LogP contribution in [-0.4, -0.2) is 45.7 Å². The Morgan fingerprint density at radius 3 is 3.00 bits per heavy atom. The van der Waals surface area contributed by atoms with Gasteiger partial charge in [0.05, 0.1) is 6.61 Å². The Balaban J connectivity index is 1.41. The number of hydrogen-bond donors (Lipinski definition) is 1. The van der Waals surface area contributed by atoms with Gasteiger partial charge in [-0.2, -0.15) is 5.10 Å². The minimum atomic E-state index is 0.200. The number of aromatic nitrogens is 3. The predicted octanol–water partition coefficient (Wildman–Crippen LogP) is 2.37. The van der Waals surface area contributed by atoms with Crippen molar-refractivity contribution in [1.29, 1.82) is 0 Å². The van der Waals surface area contributed by atoms with Gasteiger partial charge >= 0.3 is 0 Å². The molecule has 0 bridgehead atoms. The van der Waals surface area contributed by atoms with Crippen molar-refractivity contribution >= 4 is 5.91 Å². The fraction of sp³-hybridized carbons (Fsp3) is 0.471. The molecule has 0 aliphatic carbocycles. The van der Waals surface area contributed by atoms with Gasteiger partial charge in [-0.3, -0.25) is 9.89 Å². The van der Waals surface area contributed by atoms with Crippen LogP contribution in [0.5, 0.6) is 5.75 Å². The molecule has 2 aromatic rings. The zero-order chi connectivity index (χ0) is 15.9. The SMILES string of the molecule is O=C(CCCOc1ccccc1)N1CCC[C@H](c2ncn[nH]2)C1. The Bertz CT molecular complexity index is 600. The number of H-pyrrole nitrogens is 1. The van der Waals surface area contributed by atoms with E-state index in [9.17, 15) is 4.79 Å². The molecule has 0 saturated carbocycles. The van der Waals surface area contributed by atoms with Gasteiger partial charge in [0.25, 0.3) is 0 Å². The summed E-state index contributed by atoms with van der Waals surface area (Å²) in [5, 5.41) is 6.82. The van der Waals surface area contributed by atoms with E-state index in [0.29, 0.717) is 13.0 Å². The molecule has 1 aromatic carbocycles. The van der Waals surface area contributed by atoms with Crippen LogP contribution < -0.4 is 4.74 Å². The minimum absolute atomic E-state index is 0.200. The van der Waals surface area contributed by atoms with Crippen molar-refractivity contribution in [3.63, 3.8) is 0 Å². The highest BCUT2D eigenvalue weighted by Crippen LogP contribution is 2.24. The van der Waals surface area contributed by atoms with Gasteiger partial charge in [-0.15, -0.1) is 0 Å². The van der Waals surface area contributed by atoms with Crippen LogP contribution in [-0.2, 0) is 4.79 Å². The lowest BCUT2D eigenvalue weighted by atomic mass is 9.97. The number of para-hydroxylation sites is 1. The van der Waals surface area contributed by atoms with Crippen LogP contribution in [0.2, 0.25) is 0 Å². The van der Waals surface area contributed by atoms with E-state index in [0.717, 1.165) is 43.9 Å². The number of piperidine rings is 1. The first-order valence-electron chi connectivity index (χ1n) is 8.14. The van der Waals surface area contributed by atoms with Crippen molar-refractivity contribution in [2.45, 2.75) is 31.6 Å². The minimum Gasteiger partial charge on any atom is -0.494 e. The normalized spacial score (nSPS) is 17.9. The number of rotatable bonds is 6. The van der Waals surface area contributed by atoms with Crippen LogP contribution in [0.15, 0.2) is 36.7 Å². The van der Waals surface area contributed by atoms with Crippen LogP contribution in [0.25, 0.3) is 0 Å². The largest absolute Gasteiger partial charge is 0.494 e. The highest BCUT2D eigenvalue weighted by Gasteiger charge is 2.25. The van der Waals surface area contributed by atoms with Crippen LogP contribution in [0, 0.1) is 0 Å². The van der Waals surface area contributed by atoms with Gasteiger partial charge in [-0.1, -0.05) is 18.2 Å². The van der Waals surface area contributed by atoms with Gasteiger partial charge < -0.3 is 9.64 Å². The third-order valence-electron chi connectivity index (χ3n) is 4.14. The van der Waals surface area contributed by atoms with Crippen molar-refractivity contribution in [3.05, 3.63) is 42.5 Å². The van der Waals surface area contributed by atoms with Crippen LogP contribution in [0.1, 0.15) is 37.4 Å². The first-order chi connectivity index (χ1) is 11.3. The van der Waals surface area contributed by atoms with Crippen LogP contribution >= 0.6 is 0 Å². The Hall–Kier alpha value is -2.37. The summed E-state index contributed by atoms with van der Waals surface area (Å²) in [5.41, 5.74) is 0. The molecule has 1 amide bonds. The summed E-state index contributed by atoms with van der Waals surface area (Å²) < 4.78 is 5.63. The second-order valence-corrected chi connectivity index (χ2v) is 5.81. The molecule has 1 N–H and O–H groups in total. The number of carbonyl (C=O) groups excluding carboxylic acids is 1. The lowest BCUT2D eigenvalue weighted by Gasteiger charge is -2.31. The molecule has 0 radical (unpaired) electrons. The maximum absolute atomic E-state index is 12.3. The Morgan fingerprint density at radius 2 is 2.22 bits per heavy atom. The fourth-order valence-electron chi connectivity index (χ4n) is 2.93. The van der Waals surface area contributed by atoms with Crippen molar-refractivity contribution in [2.75, 3.05) is 19.7 Å². The van der Waals surface area contributed by atoms with E-state index in [-0.39, 0.29) is 11.8 Å². The van der Waals surface area contributed by atoms with Crippen LogP contribution in [0.4, 0.5) is 0 Å². The highest BCUT2D eigenvalue weighted by molar-refractivity contribution is 5.76. The van der Waals surface area contributed by atoms with Gasteiger partial charge in [0.15, 0.2) is 0 Å². The molecule has 122 valence electrons. The Morgan fingerprint density at radius 1 is 1.35 bits per heavy atom. The van der Waals surface area contributed by atoms with Crippen molar-refractivity contribution < 1.29 is 9.53 Å². The molecular weight excluding hydrogens is 292 g/mol. The quantitative estimate of drug-likeness (QED) is 0.831. The number of nitrogens with zero attached hydrogens (tertiary/aromatic N) is 3. The Kier molecular flexibility index (Phi) is 5.24. The van der Waals surface area contributed by atoms with E-state index in [1.54, 1.807) is 0 Å². The smallest absolute Gasteiger partial charge is 0.222 e. The summed E-state index contributed by atoms with van der Waals surface area (Å²) in [6.45, 7) is 2.13. The van der Waals surface area contributed by atoms with E-state index in [1.807, 2.05) is 35.2 Å². The summed E-state index contributed by atoms with van der Waals surface area (Å²) in [5.74, 6) is 2.21. The van der Waals surface area contributed by atoms with Gasteiger partial charge in [0.1, 0.15) is 17.9 Å². The molecule has 1 saturated heterocycles. The molecule has 6 heteroatoms. The molecule has 6 nitrogen and oxygen atoms in total. The molecule has 3 rings (SSSR count). The first kappa shape index (κ1) is 15.5. The summed E-state index contributed by atoms with van der Waals surface area (Å²) in [6, 6.07) is 9.69. The molecule has 1 aromatic heterocycles. The third kappa shape index (κ3) is 4.31. The van der Waals surface area contributed by atoms with E-state index in [2.05, 4.69) is 15.2 Å². The Labute approximate surface area is 135 Å². The summed E-state index contributed by atoms with van der Waals surface area (Å²) in [6.07, 6.45) is 4.85. The standard InChI is InChI=1S/C17H22N4O2/c22-16(9-5-11-23-15-7-2-1-3-8-15)21-10-4-6-14(12-21)17-18-13-19-20-17/h1-3,7-8,13-14H,4-6,9-12H2,(H,18,19,20)/t14-/m0/s1. The average Bonchev–Trinajstić information content (AvgIpc) is 3.14. The summed E-state index contributed by atoms with van der Waals surface area (Å²) >= 11 is 0. The van der Waals surface area contributed by atoms with E-state index in [4.69, 9.17) is 4.74 Å². The maximum Gasteiger partial charge on any atom is 0.222 e. The number of likely N-dealkylation sites (tertiary alicyclic amines) is 1. The summed E-state index contributed by atoms with van der Waals surface area (Å²) in [4.78, 5) is 18.5. The monoisotopic (exact) mass is 314 g/mol. The number of ether oxygens (including phenoxy) is 1. The van der Waals surface area contributed by atoms with Gasteiger partial charge in [-0.25, -0.2) is 4.98 Å². The molecule has 23 heavy (non-hydrogen) atoms. The number of nitrogens with one attached hydrogen (secondary N) is 1. The van der Waals surface area contributed by atoms with E-state index in [1.165, 1.54) is 6.33 Å². The van der Waals surface area contributed by atoms with Gasteiger partial charge in [-0.05, 0) is 31.4 Å². The zero-order valence-corrected chi connectivity index (χ0v) is 13.1. The number of hydrogen-bond acceptors (Lipinski definition) is 4. The second-order valence-electron chi connectivity index (χ2n) is 5.81. The predicted molar refractivity (Wildman–Crippen MR) is 86.1 cm³/mol. The molecule has 0 spiro atoms. The van der Waals surface area contributed by atoms with Crippen molar-refractivity contribution in [1.82, 2.24) is 20.1 Å². The molecule has 1 aliphatic heterocycles. The molecule has 2 heterocycles. The highest BCUT2D eigenvalue weighted by atomic mass is 16.5. The molecule has 1 aliphatic rings. The van der Waals surface area contributed by atoms with Crippen molar-refractivity contribution in [2.24, 2.45) is 0 Å². The lowest BCUT2D eigenvalue weighted by Crippen LogP contribution is -2.39. The third-order valence-corrected chi connectivity index (χ3v) is 4.14. The second kappa shape index (κ2) is 7.76. The number of aromatic amines is 1. The maximum atomic E-state index is 12.3. The van der Waals surface area contributed by atoms with Crippen LogP contribution in [0.3, 0.4) is 0 Å². The van der Waals surface area contributed by atoms with Gasteiger partial charge in [0, 0.05) is 25.4 Å². The lowest BCUT2D eigenvalue weighted by molar-refractivity contribution is -0.132. The fourth-order valence-corrected chi connectivity index (χ4v) is 2.93. The van der Waals surface area contributed by atoms with Gasteiger partial charge in [0.2, 0.25) is 5.91 Å². The molecule has 1 atom stereocenters. The van der Waals surface area contributed by atoms with E-state index < -0.39 is 0 Å². The molecular formula is C17H22N4O2. The van der Waals surface area contributed by atoms with E-state index >= 15 is 0 Å². The summed E-state index contributed by atoms with van der Waals surface area (Å²) in [7, 11) is 0. The number of amides is 1. The molecule has 0 unspecified atom stereocenters. The topological polar surface area (TPSA) is 71.1 Å². The first-order valence-corrected chi connectivity index (χ1v) is 8.14. The zero-order valence-electron chi connectivity index (χ0n) is 13.1.